The number of aliphatic hydroxyl groups is 1. The predicted molar refractivity (Wildman–Crippen MR) is 198 cm³/mol. The van der Waals surface area contributed by atoms with Gasteiger partial charge < -0.3 is 33.8 Å². The van der Waals surface area contributed by atoms with Gasteiger partial charge in [0.1, 0.15) is 30.7 Å². The minimum atomic E-state index is -5.12. The molecule has 22 nitrogen and oxygen atoms in total. The number of phosphoric ester groups is 1. The number of nitriles is 2. The van der Waals surface area contributed by atoms with E-state index >= 15 is 8.78 Å². The lowest BCUT2D eigenvalue weighted by Gasteiger charge is -2.29. The molecule has 2 saturated heterocycles. The fraction of sp³-hybridized carbons (Fsp3) is 0.438. The van der Waals surface area contributed by atoms with Crippen LogP contribution in [0.5, 0.6) is 0 Å². The largest absolute Gasteiger partial charge is 0.472 e. The molecule has 4 aromatic rings. The second-order valence-corrected chi connectivity index (χ2v) is 16.8. The van der Waals surface area contributed by atoms with Crippen LogP contribution in [0.25, 0.3) is 11.2 Å². The van der Waals surface area contributed by atoms with Gasteiger partial charge in [-0.2, -0.15) is 10.5 Å². The molecule has 314 valence electrons. The molecule has 2 unspecified atom stereocenters. The molecule has 3 aromatic heterocycles. The van der Waals surface area contributed by atoms with Gasteiger partial charge in [0.05, 0.1) is 57.7 Å². The Kier molecular flexibility index (Phi) is 14.2. The number of nitrogens with one attached hydrogen (secondary N) is 2. The third kappa shape index (κ3) is 10.2. The van der Waals surface area contributed by atoms with E-state index < -0.39 is 107 Å². The van der Waals surface area contributed by atoms with E-state index in [0.29, 0.717) is 5.56 Å². The van der Waals surface area contributed by atoms with E-state index in [1.807, 2.05) is 11.1 Å². The lowest BCUT2D eigenvalue weighted by atomic mass is 10.1. The summed E-state index contributed by atoms with van der Waals surface area (Å²) in [6.45, 7) is -7.08. The number of amides is 1. The van der Waals surface area contributed by atoms with Gasteiger partial charge in [-0.05, 0) is 23.9 Å². The number of fused-ring (bicyclic) bond motifs is 1. The maximum atomic E-state index is 16.6. The summed E-state index contributed by atoms with van der Waals surface area (Å²) < 4.78 is 86.1. The zero-order chi connectivity index (χ0) is 42.3. The van der Waals surface area contributed by atoms with Gasteiger partial charge in [-0.1, -0.05) is 18.2 Å². The normalized spacial score (nSPS) is 26.1. The van der Waals surface area contributed by atoms with E-state index in [-0.39, 0.29) is 29.8 Å². The number of carbonyl (C=O) groups excluding carboxylic acids is 1. The first kappa shape index (κ1) is 43.8. The Hall–Kier alpha value is -4.72. The number of aromatic nitrogens is 6. The van der Waals surface area contributed by atoms with Crippen molar-refractivity contribution in [1.29, 1.82) is 10.5 Å². The first-order valence-corrected chi connectivity index (χ1v) is 21.4. The van der Waals surface area contributed by atoms with Crippen molar-refractivity contribution >= 4 is 49.2 Å². The van der Waals surface area contributed by atoms with Crippen LogP contribution in [-0.4, -0.2) is 108 Å². The van der Waals surface area contributed by atoms with Crippen LogP contribution in [0.1, 0.15) is 35.7 Å². The highest BCUT2D eigenvalue weighted by atomic mass is 32.5. The van der Waals surface area contributed by atoms with Crippen LogP contribution < -0.4 is 16.6 Å². The van der Waals surface area contributed by atoms with Crippen LogP contribution in [0.2, 0.25) is 0 Å². The third-order valence-corrected chi connectivity index (χ3v) is 11.9. The summed E-state index contributed by atoms with van der Waals surface area (Å²) in [5.74, 6) is -0.585. The van der Waals surface area contributed by atoms with E-state index in [9.17, 15) is 28.9 Å². The monoisotopic (exact) mass is 883 g/mol. The van der Waals surface area contributed by atoms with E-state index in [0.717, 1.165) is 34.1 Å². The fourth-order valence-corrected chi connectivity index (χ4v) is 8.89. The zero-order valence-electron chi connectivity index (χ0n) is 30.1. The number of aromatic amines is 1. The van der Waals surface area contributed by atoms with Gasteiger partial charge in [0.15, 0.2) is 41.8 Å². The number of imidazole rings is 1. The van der Waals surface area contributed by atoms with Crippen molar-refractivity contribution in [3.05, 3.63) is 81.7 Å². The number of aliphatic hydroxyl groups excluding tert-OH is 1. The highest BCUT2D eigenvalue weighted by molar-refractivity contribution is 8.07. The van der Waals surface area contributed by atoms with Crippen LogP contribution in [0, 0.1) is 22.7 Å². The highest BCUT2D eigenvalue weighted by Crippen LogP contribution is 2.56. The van der Waals surface area contributed by atoms with Crippen molar-refractivity contribution in [3.63, 3.8) is 0 Å². The summed E-state index contributed by atoms with van der Waals surface area (Å²) in [6, 6.07) is 12.6. The Balaban J connectivity index is 1.29. The minimum Gasteiger partial charge on any atom is -0.394 e. The topological polar surface area (TPSA) is 297 Å². The molecule has 0 aliphatic carbocycles. The summed E-state index contributed by atoms with van der Waals surface area (Å²) in [6.07, 6.45) is -12.4. The molecule has 59 heavy (non-hydrogen) atoms. The third-order valence-electron chi connectivity index (χ3n) is 8.57. The molecule has 27 heteroatoms. The van der Waals surface area contributed by atoms with Crippen molar-refractivity contribution in [2.24, 2.45) is 0 Å². The molecule has 2 aliphatic heterocycles. The number of benzene rings is 1. The highest BCUT2D eigenvalue weighted by Gasteiger charge is 2.53. The molecule has 0 bridgehead atoms. The molecular weight excluding hydrogens is 850 g/mol. The van der Waals surface area contributed by atoms with Crippen molar-refractivity contribution in [3.8, 4) is 12.1 Å². The van der Waals surface area contributed by atoms with Gasteiger partial charge in [0, 0.05) is 17.8 Å². The van der Waals surface area contributed by atoms with Crippen LogP contribution >= 0.6 is 14.5 Å². The number of hydrogen-bond acceptors (Lipinski definition) is 18. The Morgan fingerprint density at radius 1 is 0.949 bits per heavy atom. The number of rotatable bonds is 18. The summed E-state index contributed by atoms with van der Waals surface area (Å²) >= 11 is 5.56. The smallest absolute Gasteiger partial charge is 0.394 e. The Morgan fingerprint density at radius 2 is 1.66 bits per heavy atom. The van der Waals surface area contributed by atoms with Gasteiger partial charge in [-0.3, -0.25) is 37.3 Å². The molecule has 0 saturated carbocycles. The number of carbonyl (C=O) groups is 1. The first-order valence-electron chi connectivity index (χ1n) is 17.3. The molecule has 2 aliphatic rings. The average molecular weight is 884 g/mol. The number of H-pyrrole nitrogens is 1. The van der Waals surface area contributed by atoms with E-state index in [4.69, 9.17) is 54.4 Å². The van der Waals surface area contributed by atoms with Gasteiger partial charge in [-0.15, -0.1) is 0 Å². The molecule has 10 atom stereocenters. The molecule has 1 amide bonds. The Morgan fingerprint density at radius 3 is 2.36 bits per heavy atom. The quantitative estimate of drug-likeness (QED) is 0.0821. The fourth-order valence-electron chi connectivity index (χ4n) is 5.89. The van der Waals surface area contributed by atoms with E-state index in [2.05, 4.69) is 20.3 Å². The molecule has 1 aromatic carbocycles. The van der Waals surface area contributed by atoms with Crippen LogP contribution in [-0.2, 0) is 48.5 Å². The number of nitrogens with zero attached hydrogens (tertiary/aromatic N) is 7. The lowest BCUT2D eigenvalue weighted by molar-refractivity contribution is -0.0595. The van der Waals surface area contributed by atoms with Crippen molar-refractivity contribution in [1.82, 2.24) is 29.1 Å². The first-order chi connectivity index (χ1) is 28.3. The molecular formula is C32H33F2N9O13P2S. The van der Waals surface area contributed by atoms with Gasteiger partial charge in [-0.25, -0.2) is 33.1 Å². The molecule has 2 fully saturated rings. The average Bonchev–Trinajstić information content (AvgIpc) is 3.87. The number of hydrogen-bond donors (Lipinski definition) is 4. The lowest BCUT2D eigenvalue weighted by Crippen LogP contribution is -2.38. The van der Waals surface area contributed by atoms with E-state index in [1.54, 1.807) is 36.4 Å². The van der Waals surface area contributed by atoms with Gasteiger partial charge >= 0.3 is 20.2 Å². The molecule has 5 heterocycles. The summed E-state index contributed by atoms with van der Waals surface area (Å²) in [7, 11) is -5.12. The zero-order valence-corrected chi connectivity index (χ0v) is 32.7. The summed E-state index contributed by atoms with van der Waals surface area (Å²) in [4.78, 5) is 62.2. The molecule has 4 N–H and O–H groups in total. The van der Waals surface area contributed by atoms with E-state index in [1.165, 1.54) is 0 Å². The Bertz CT molecular complexity index is 2430. The maximum Gasteiger partial charge on any atom is 0.472 e. The SMILES string of the molecule is N#CCCOP(=O)(O)O[C@@H]1[C@H](F)[C@@H](n2cnc3c(NC(=O)c4ccccc4)ncnc32)O[C@H]1COP(=S)(OCCC#N)O[C@H]1[C@@H](F)[C@H](CO)O[C@@H]1n1ccc(=O)[nH]c1=O. The number of anilines is 1. The molecule has 0 radical (unpaired) electrons. The number of alkyl halides is 2. The maximum absolute atomic E-state index is 16.6. The second-order valence-electron chi connectivity index (χ2n) is 12.4. The van der Waals surface area contributed by atoms with Crippen LogP contribution in [0.3, 0.4) is 0 Å². The second kappa shape index (κ2) is 19.1. The van der Waals surface area contributed by atoms with Gasteiger partial charge in [0.25, 0.3) is 11.5 Å². The predicted octanol–water partition coefficient (Wildman–Crippen LogP) is 2.06. The summed E-state index contributed by atoms with van der Waals surface area (Å²) in [5, 5.41) is 30.4. The van der Waals surface area contributed by atoms with Crippen molar-refractivity contribution in [2.45, 2.75) is 62.1 Å². The minimum absolute atomic E-state index is 0.00380. The van der Waals surface area contributed by atoms with Gasteiger partial charge in [0.2, 0.25) is 0 Å². The van der Waals surface area contributed by atoms with Crippen LogP contribution in [0.4, 0.5) is 14.6 Å². The van der Waals surface area contributed by atoms with Crippen molar-refractivity contribution in [2.75, 3.05) is 31.7 Å². The molecule has 6 rings (SSSR count). The van der Waals surface area contributed by atoms with Crippen LogP contribution in [0.15, 0.2) is 64.8 Å². The number of phosphoric acid groups is 1. The number of halogens is 2. The standard InChI is InChI=1S/C32H33F2N9O13P2S/c33-22-19(14-44)53-31(42-11-8-21(45)40-32(42)47)26(22)56-58(59,51-13-5-10-36)52-15-20-25(55-57(48,49)50-12-4-9-35)23(34)30(54-20)43-17-39-24-27(37-16-38-28(24)43)41-29(46)18-6-2-1-3-7-18/h1-3,6-8,11,16-17,19-20,22-23,25-26,30-31,44H,4-5,12-15H2,(H,48,49)(H,40,45,47)(H,37,38,41,46)/t19-,20-,22-,23-,25-,26-,30-,31-,58?/m0/s1. The Labute approximate surface area is 336 Å². The number of ether oxygens (including phenoxy) is 2. The molecule has 0 spiro atoms. The summed E-state index contributed by atoms with van der Waals surface area (Å²) in [5.41, 5.74) is -1.57. The van der Waals surface area contributed by atoms with Crippen molar-refractivity contribution < 1.29 is 60.2 Å².